The van der Waals surface area contributed by atoms with Crippen molar-refractivity contribution in [2.24, 2.45) is 0 Å². The maximum absolute atomic E-state index is 12.0. The number of hydrogen-bond acceptors (Lipinski definition) is 4. The van der Waals surface area contributed by atoms with Gasteiger partial charge in [0.25, 0.3) is 0 Å². The lowest BCUT2D eigenvalue weighted by molar-refractivity contribution is -0.129. The maximum atomic E-state index is 12.0. The van der Waals surface area contributed by atoms with Gasteiger partial charge in [0, 0.05) is 12.2 Å². The zero-order valence-corrected chi connectivity index (χ0v) is 14.7. The van der Waals surface area contributed by atoms with Gasteiger partial charge < -0.3 is 16.0 Å². The second-order valence-corrected chi connectivity index (χ2v) is 5.77. The van der Waals surface area contributed by atoms with Gasteiger partial charge in [-0.3, -0.25) is 19.3 Å². The summed E-state index contributed by atoms with van der Waals surface area (Å²) in [7, 11) is 1.67. The van der Waals surface area contributed by atoms with Crippen molar-refractivity contribution in [3.05, 3.63) is 29.8 Å². The topological polar surface area (TPSA) is 90.5 Å². The molecule has 0 aliphatic heterocycles. The summed E-state index contributed by atoms with van der Waals surface area (Å²) in [6.07, 6.45) is 0. The van der Waals surface area contributed by atoms with Gasteiger partial charge in [-0.1, -0.05) is 17.7 Å². The van der Waals surface area contributed by atoms with Gasteiger partial charge in [-0.15, -0.1) is 0 Å². The van der Waals surface area contributed by atoms with E-state index in [9.17, 15) is 14.4 Å². The average Bonchev–Trinajstić information content (AvgIpc) is 2.49. The largest absolute Gasteiger partial charge is 0.355 e. The number of carbonyl (C=O) groups excluding carboxylic acids is 3. The Bertz CT molecular complexity index is 572. The number of aryl methyl sites for hydroxylation is 1. The molecular formula is C17H26N4O3. The van der Waals surface area contributed by atoms with E-state index in [0.717, 1.165) is 5.56 Å². The van der Waals surface area contributed by atoms with Crippen molar-refractivity contribution in [3.8, 4) is 0 Å². The minimum atomic E-state index is -0.604. The Morgan fingerprint density at radius 1 is 1.08 bits per heavy atom. The molecule has 24 heavy (non-hydrogen) atoms. The molecule has 0 aliphatic rings. The Kier molecular flexibility index (Phi) is 7.91. The molecule has 1 aromatic rings. The Morgan fingerprint density at radius 3 is 2.25 bits per heavy atom. The predicted octanol–water partition coefficient (Wildman–Crippen LogP) is 0.506. The first-order valence-electron chi connectivity index (χ1n) is 7.94. The van der Waals surface area contributed by atoms with Crippen LogP contribution < -0.4 is 16.0 Å². The van der Waals surface area contributed by atoms with Gasteiger partial charge in [-0.05, 0) is 40.0 Å². The molecule has 3 amide bonds. The fraction of sp³-hybridized carbons (Fsp3) is 0.471. The maximum Gasteiger partial charge on any atom is 0.242 e. The van der Waals surface area contributed by atoms with Crippen LogP contribution in [0.15, 0.2) is 24.3 Å². The minimum absolute atomic E-state index is 0.0328. The molecule has 1 aromatic carbocycles. The highest BCUT2D eigenvalue weighted by molar-refractivity contribution is 5.93. The molecule has 0 aliphatic carbocycles. The number of likely N-dealkylation sites (N-methyl/N-ethyl adjacent to an activating group) is 2. The van der Waals surface area contributed by atoms with Crippen LogP contribution in [-0.2, 0) is 14.4 Å². The van der Waals surface area contributed by atoms with Crippen LogP contribution in [0.2, 0.25) is 0 Å². The number of benzene rings is 1. The molecule has 0 spiro atoms. The van der Waals surface area contributed by atoms with Gasteiger partial charge in [0.05, 0.1) is 13.1 Å². The highest BCUT2D eigenvalue weighted by Gasteiger charge is 2.16. The molecule has 0 bridgehead atoms. The van der Waals surface area contributed by atoms with Crippen LogP contribution in [0.1, 0.15) is 19.4 Å². The first-order chi connectivity index (χ1) is 11.3. The van der Waals surface area contributed by atoms with Crippen molar-refractivity contribution in [2.45, 2.75) is 26.8 Å². The minimum Gasteiger partial charge on any atom is -0.355 e. The van der Waals surface area contributed by atoms with Crippen molar-refractivity contribution in [3.63, 3.8) is 0 Å². The predicted molar refractivity (Wildman–Crippen MR) is 93.6 cm³/mol. The summed E-state index contributed by atoms with van der Waals surface area (Å²) < 4.78 is 0. The van der Waals surface area contributed by atoms with Crippen LogP contribution in [0.25, 0.3) is 0 Å². The van der Waals surface area contributed by atoms with Crippen molar-refractivity contribution in [2.75, 3.05) is 32.0 Å². The van der Waals surface area contributed by atoms with Crippen molar-refractivity contribution in [1.82, 2.24) is 15.5 Å². The zero-order valence-electron chi connectivity index (χ0n) is 14.7. The zero-order chi connectivity index (χ0) is 18.1. The lowest BCUT2D eigenvalue weighted by Crippen LogP contribution is -2.48. The van der Waals surface area contributed by atoms with Gasteiger partial charge in [0.15, 0.2) is 0 Å². The number of rotatable bonds is 8. The third-order valence-electron chi connectivity index (χ3n) is 3.28. The highest BCUT2D eigenvalue weighted by atomic mass is 16.2. The van der Waals surface area contributed by atoms with E-state index in [4.69, 9.17) is 0 Å². The molecule has 3 N–H and O–H groups in total. The van der Waals surface area contributed by atoms with E-state index in [2.05, 4.69) is 16.0 Å². The number of hydrogen-bond donors (Lipinski definition) is 3. The number of carbonyl (C=O) groups is 3. The Morgan fingerprint density at radius 2 is 1.67 bits per heavy atom. The van der Waals surface area contributed by atoms with Gasteiger partial charge in [-0.25, -0.2) is 0 Å². The highest BCUT2D eigenvalue weighted by Crippen LogP contribution is 2.08. The second-order valence-electron chi connectivity index (χ2n) is 5.77. The summed E-state index contributed by atoms with van der Waals surface area (Å²) >= 11 is 0. The van der Waals surface area contributed by atoms with Crippen LogP contribution in [-0.4, -0.2) is 55.3 Å². The number of nitrogens with zero attached hydrogens (tertiary/aromatic N) is 1. The molecular weight excluding hydrogens is 308 g/mol. The van der Waals surface area contributed by atoms with E-state index < -0.39 is 6.04 Å². The van der Waals surface area contributed by atoms with Crippen molar-refractivity contribution in [1.29, 1.82) is 0 Å². The number of anilines is 1. The SMILES string of the molecule is CCNC(=O)[C@@H](C)NC(=O)CN(C)CC(=O)Nc1ccc(C)cc1. The van der Waals surface area contributed by atoms with E-state index in [1.807, 2.05) is 38.1 Å². The third kappa shape index (κ3) is 7.23. The molecule has 0 saturated heterocycles. The standard InChI is InChI=1S/C17H26N4O3/c1-5-18-17(24)13(3)19-15(22)10-21(4)11-16(23)20-14-8-6-12(2)7-9-14/h6-9,13H,5,10-11H2,1-4H3,(H,18,24)(H,19,22)(H,20,23)/t13-/m1/s1. The van der Waals surface area contributed by atoms with Crippen LogP contribution in [0.4, 0.5) is 5.69 Å². The molecule has 0 heterocycles. The Balaban J connectivity index is 2.37. The second kappa shape index (κ2) is 9.67. The summed E-state index contributed by atoms with van der Waals surface area (Å²) in [6, 6.07) is 6.87. The molecule has 1 atom stereocenters. The van der Waals surface area contributed by atoms with E-state index in [1.54, 1.807) is 18.9 Å². The molecule has 132 valence electrons. The van der Waals surface area contributed by atoms with Gasteiger partial charge >= 0.3 is 0 Å². The first kappa shape index (κ1) is 19.6. The first-order valence-corrected chi connectivity index (χ1v) is 7.94. The lowest BCUT2D eigenvalue weighted by Gasteiger charge is -2.18. The fourth-order valence-corrected chi connectivity index (χ4v) is 2.06. The van der Waals surface area contributed by atoms with Crippen LogP contribution in [0.5, 0.6) is 0 Å². The summed E-state index contributed by atoms with van der Waals surface area (Å²) in [5.74, 6) is -0.740. The molecule has 0 saturated carbocycles. The smallest absolute Gasteiger partial charge is 0.242 e. The number of amides is 3. The van der Waals surface area contributed by atoms with E-state index in [1.165, 1.54) is 0 Å². The number of nitrogens with one attached hydrogen (secondary N) is 3. The summed E-state index contributed by atoms with van der Waals surface area (Å²) in [5.41, 5.74) is 1.83. The summed E-state index contributed by atoms with van der Waals surface area (Å²) in [6.45, 7) is 6.03. The van der Waals surface area contributed by atoms with E-state index >= 15 is 0 Å². The third-order valence-corrected chi connectivity index (χ3v) is 3.28. The Labute approximate surface area is 142 Å². The van der Waals surface area contributed by atoms with E-state index in [0.29, 0.717) is 12.2 Å². The molecule has 7 heteroatoms. The molecule has 0 unspecified atom stereocenters. The lowest BCUT2D eigenvalue weighted by atomic mass is 10.2. The van der Waals surface area contributed by atoms with Crippen molar-refractivity contribution >= 4 is 23.4 Å². The summed E-state index contributed by atoms with van der Waals surface area (Å²) in [4.78, 5) is 37.0. The van der Waals surface area contributed by atoms with Crippen molar-refractivity contribution < 1.29 is 14.4 Å². The quantitative estimate of drug-likeness (QED) is 0.646. The fourth-order valence-electron chi connectivity index (χ4n) is 2.06. The van der Waals surface area contributed by atoms with Crippen LogP contribution in [0, 0.1) is 6.92 Å². The summed E-state index contributed by atoms with van der Waals surface area (Å²) in [5, 5.41) is 8.01. The Hall–Kier alpha value is -2.41. The monoisotopic (exact) mass is 334 g/mol. The molecule has 1 rings (SSSR count). The average molecular weight is 334 g/mol. The van der Waals surface area contributed by atoms with Gasteiger partial charge in [0.2, 0.25) is 17.7 Å². The van der Waals surface area contributed by atoms with E-state index in [-0.39, 0.29) is 30.8 Å². The molecule has 0 radical (unpaired) electrons. The molecule has 0 fully saturated rings. The molecule has 0 aromatic heterocycles. The van der Waals surface area contributed by atoms with Gasteiger partial charge in [0.1, 0.15) is 6.04 Å². The normalized spacial score (nSPS) is 11.7. The molecule has 7 nitrogen and oxygen atoms in total. The van der Waals surface area contributed by atoms with Crippen LogP contribution >= 0.6 is 0 Å². The van der Waals surface area contributed by atoms with Gasteiger partial charge in [-0.2, -0.15) is 0 Å². The van der Waals surface area contributed by atoms with Crippen LogP contribution in [0.3, 0.4) is 0 Å².